The molecule has 0 N–H and O–H groups in total. The smallest absolute Gasteiger partial charge is 0.252 e. The molecule has 0 atom stereocenters. The van der Waals surface area contributed by atoms with Crippen LogP contribution < -0.4 is 52.4 Å². The predicted molar refractivity (Wildman–Crippen MR) is 275 cm³/mol. The van der Waals surface area contributed by atoms with Gasteiger partial charge in [0.15, 0.2) is 0 Å². The van der Waals surface area contributed by atoms with Crippen LogP contribution in [0, 0.1) is 40.6 Å². The first-order valence-corrected chi connectivity index (χ1v) is 22.4. The number of nitrogens with zero attached hydrogens (tertiary/aromatic N) is 8. The van der Waals surface area contributed by atoms with Gasteiger partial charge in [-0.1, -0.05) is 115 Å². The summed E-state index contributed by atoms with van der Waals surface area (Å²) >= 11 is 0. The van der Waals surface area contributed by atoms with Crippen molar-refractivity contribution in [3.05, 3.63) is 222 Å². The minimum absolute atomic E-state index is 0.389. The molecule has 0 amide bonds. The molecule has 0 spiro atoms. The summed E-state index contributed by atoms with van der Waals surface area (Å²) in [6.07, 6.45) is 0. The summed E-state index contributed by atoms with van der Waals surface area (Å²) in [5.74, 6) is 0. The molecule has 0 unspecified atom stereocenters. The SMILES string of the molecule is [C-]#[N+]c1cc(C#N)c2c3c1N(c1ccccc1)c1ccccc1B3c1cc3c(cc1N2c1ccccc1)N(c1ccccc1)c1c(C#N)cc(C#N)c2c1B3c1ccccc1N2c1ccccc1. The number of hydrogen-bond acceptors (Lipinski definition) is 7. The van der Waals surface area contributed by atoms with Crippen molar-refractivity contribution in [2.75, 3.05) is 19.6 Å². The van der Waals surface area contributed by atoms with Gasteiger partial charge in [-0.25, -0.2) is 4.85 Å². The Bertz CT molecular complexity index is 3530. The normalized spacial score (nSPS) is 13.1. The van der Waals surface area contributed by atoms with Crippen LogP contribution in [-0.2, 0) is 0 Å². The highest BCUT2D eigenvalue weighted by atomic mass is 15.2. The molecule has 68 heavy (non-hydrogen) atoms. The van der Waals surface area contributed by atoms with Crippen LogP contribution in [0.3, 0.4) is 0 Å². The Morgan fingerprint density at radius 2 is 0.691 bits per heavy atom. The highest BCUT2D eigenvalue weighted by molar-refractivity contribution is 7.03. The fourth-order valence-electron chi connectivity index (χ4n) is 11.3. The highest BCUT2D eigenvalue weighted by Gasteiger charge is 2.50. The van der Waals surface area contributed by atoms with Gasteiger partial charge in [-0.15, -0.1) is 0 Å². The van der Waals surface area contributed by atoms with Crippen molar-refractivity contribution >= 4 is 120 Å². The third-order valence-corrected chi connectivity index (χ3v) is 13.9. The monoisotopic (exact) mass is 862 g/mol. The Hall–Kier alpha value is -9.73. The second-order valence-corrected chi connectivity index (χ2v) is 17.2. The quantitative estimate of drug-likeness (QED) is 0.129. The molecular formula is C58H32B2N8. The largest absolute Gasteiger partial charge is 0.321 e. The van der Waals surface area contributed by atoms with E-state index in [-0.39, 0.29) is 0 Å². The van der Waals surface area contributed by atoms with Gasteiger partial charge >= 0.3 is 0 Å². The lowest BCUT2D eigenvalue weighted by Gasteiger charge is -2.47. The molecule has 0 aromatic heterocycles. The Labute approximate surface area is 394 Å². The van der Waals surface area contributed by atoms with Crippen molar-refractivity contribution in [1.29, 1.82) is 15.8 Å². The van der Waals surface area contributed by atoms with Gasteiger partial charge in [-0.3, -0.25) is 0 Å². The predicted octanol–water partition coefficient (Wildman–Crippen LogP) is 10.0. The maximum Gasteiger partial charge on any atom is 0.252 e. The molecule has 9 aromatic carbocycles. The lowest BCUT2D eigenvalue weighted by Crippen LogP contribution is -2.65. The van der Waals surface area contributed by atoms with E-state index in [1.165, 1.54) is 0 Å². The summed E-state index contributed by atoms with van der Waals surface area (Å²) in [6, 6.07) is 73.1. The van der Waals surface area contributed by atoms with Gasteiger partial charge in [0, 0.05) is 51.2 Å². The molecule has 4 heterocycles. The fourth-order valence-corrected chi connectivity index (χ4v) is 11.3. The molecule has 0 bridgehead atoms. The standard InChI is InChI=1S/C58H32B2N8/c1-64-48-31-39(36-63)57-54-58(48)66(41-20-8-3-9-21-41)50-29-17-15-27-45(50)60(54)47-32-46-51(33-52(47)68(57)43-24-12-5-13-25-43)67(42-22-10-4-11-23-42)56-38(35-62)30-37(34-61)55-53(56)59(46)44-26-14-16-28-49(44)65(55)40-18-6-2-7-19-40/h2-33H. The summed E-state index contributed by atoms with van der Waals surface area (Å²) in [5.41, 5.74) is 17.5. The van der Waals surface area contributed by atoms with E-state index in [9.17, 15) is 15.8 Å². The van der Waals surface area contributed by atoms with Crippen LogP contribution in [-0.4, -0.2) is 13.4 Å². The lowest BCUT2D eigenvalue weighted by atomic mass is 9.30. The van der Waals surface area contributed by atoms with E-state index < -0.39 is 13.4 Å². The van der Waals surface area contributed by atoms with E-state index in [0.29, 0.717) is 28.1 Å². The Morgan fingerprint density at radius 1 is 0.353 bits per heavy atom. The molecule has 310 valence electrons. The molecule has 0 radical (unpaired) electrons. The highest BCUT2D eigenvalue weighted by Crippen LogP contribution is 2.52. The number of fused-ring (bicyclic) bond motifs is 8. The van der Waals surface area contributed by atoms with Crippen molar-refractivity contribution in [1.82, 2.24) is 0 Å². The number of rotatable bonds is 4. The van der Waals surface area contributed by atoms with E-state index in [1.54, 1.807) is 12.1 Å². The lowest BCUT2D eigenvalue weighted by molar-refractivity contribution is 1.22. The first-order valence-electron chi connectivity index (χ1n) is 22.4. The van der Waals surface area contributed by atoms with Gasteiger partial charge < -0.3 is 19.6 Å². The number of benzene rings is 9. The summed E-state index contributed by atoms with van der Waals surface area (Å²) in [4.78, 5) is 12.9. The zero-order valence-corrected chi connectivity index (χ0v) is 36.2. The van der Waals surface area contributed by atoms with E-state index in [0.717, 1.165) is 95.3 Å². The summed E-state index contributed by atoms with van der Waals surface area (Å²) in [5, 5.41) is 33.5. The van der Waals surface area contributed by atoms with Gasteiger partial charge in [0.1, 0.15) is 12.1 Å². The maximum absolute atomic E-state index is 11.2. The van der Waals surface area contributed by atoms with Gasteiger partial charge in [-0.05, 0) is 112 Å². The Morgan fingerprint density at radius 3 is 1.09 bits per heavy atom. The third-order valence-electron chi connectivity index (χ3n) is 13.9. The van der Waals surface area contributed by atoms with E-state index in [1.807, 2.05) is 84.9 Å². The van der Waals surface area contributed by atoms with Crippen LogP contribution in [0.15, 0.2) is 194 Å². The van der Waals surface area contributed by atoms with Crippen LogP contribution >= 0.6 is 0 Å². The second-order valence-electron chi connectivity index (χ2n) is 17.2. The minimum Gasteiger partial charge on any atom is -0.321 e. The minimum atomic E-state index is -0.410. The first kappa shape index (κ1) is 38.7. The molecule has 4 aliphatic rings. The molecule has 13 rings (SSSR count). The molecule has 4 aliphatic heterocycles. The third kappa shape index (κ3) is 5.29. The molecular weight excluding hydrogens is 830 g/mol. The van der Waals surface area contributed by atoms with Crippen LogP contribution in [0.5, 0.6) is 0 Å². The zero-order chi connectivity index (χ0) is 45.6. The molecule has 0 aliphatic carbocycles. The van der Waals surface area contributed by atoms with Crippen molar-refractivity contribution in [3.63, 3.8) is 0 Å². The molecule has 0 fully saturated rings. The molecule has 0 saturated heterocycles. The van der Waals surface area contributed by atoms with E-state index >= 15 is 0 Å². The van der Waals surface area contributed by atoms with Crippen molar-refractivity contribution in [2.24, 2.45) is 0 Å². The van der Waals surface area contributed by atoms with Crippen LogP contribution in [0.25, 0.3) is 4.85 Å². The topological polar surface area (TPSA) is 88.7 Å². The molecule has 10 heteroatoms. The fraction of sp³-hybridized carbons (Fsp3) is 0. The Balaban J connectivity index is 1.20. The van der Waals surface area contributed by atoms with Crippen LogP contribution in [0.4, 0.5) is 73.9 Å². The van der Waals surface area contributed by atoms with Crippen LogP contribution in [0.1, 0.15) is 16.7 Å². The molecule has 8 nitrogen and oxygen atoms in total. The number of para-hydroxylation sites is 6. The van der Waals surface area contributed by atoms with Gasteiger partial charge in [-0.2, -0.15) is 15.8 Å². The summed E-state index contributed by atoms with van der Waals surface area (Å²) in [7, 11) is 0. The van der Waals surface area contributed by atoms with E-state index in [4.69, 9.17) is 6.57 Å². The summed E-state index contributed by atoms with van der Waals surface area (Å²) in [6.45, 7) is 7.86. The van der Waals surface area contributed by atoms with Crippen molar-refractivity contribution < 1.29 is 0 Å². The molecule has 0 saturated carbocycles. The van der Waals surface area contributed by atoms with Crippen molar-refractivity contribution in [3.8, 4) is 18.2 Å². The zero-order valence-electron chi connectivity index (χ0n) is 36.2. The van der Waals surface area contributed by atoms with Gasteiger partial charge in [0.2, 0.25) is 12.4 Å². The van der Waals surface area contributed by atoms with Crippen molar-refractivity contribution in [2.45, 2.75) is 0 Å². The number of hydrogen-bond donors (Lipinski definition) is 0. The summed E-state index contributed by atoms with van der Waals surface area (Å²) < 4.78 is 0. The molecule has 9 aromatic rings. The van der Waals surface area contributed by atoms with Crippen LogP contribution in [0.2, 0.25) is 0 Å². The van der Waals surface area contributed by atoms with E-state index in [2.05, 4.69) is 140 Å². The first-order chi connectivity index (χ1) is 33.6. The van der Waals surface area contributed by atoms with Gasteiger partial charge in [0.05, 0.1) is 46.4 Å². The average molecular weight is 863 g/mol. The average Bonchev–Trinajstić information content (AvgIpc) is 3.41. The van der Waals surface area contributed by atoms with Gasteiger partial charge in [0.25, 0.3) is 6.71 Å². The number of anilines is 12. The second kappa shape index (κ2) is 14.9. The number of nitriles is 3. The maximum atomic E-state index is 11.2. The Kier molecular flexibility index (Phi) is 8.49.